The second-order valence-corrected chi connectivity index (χ2v) is 12.6. The van der Waals surface area contributed by atoms with E-state index < -0.39 is 22.9 Å². The molecule has 1 fully saturated rings. The molecule has 0 saturated carbocycles. The summed E-state index contributed by atoms with van der Waals surface area (Å²) in [5, 5.41) is 17.2. The van der Waals surface area contributed by atoms with Gasteiger partial charge in [0, 0.05) is 87.2 Å². The molecule has 3 amide bonds. The fourth-order valence-corrected chi connectivity index (χ4v) is 4.88. The minimum atomic E-state index is -0.867. The molecular formula is C32H43N7O7. The number of ether oxygens (including phenoxy) is 2. The molecule has 14 nitrogen and oxygen atoms in total. The number of benzene rings is 1. The van der Waals surface area contributed by atoms with Crippen LogP contribution in [0.1, 0.15) is 45.4 Å². The highest BCUT2D eigenvalue weighted by Crippen LogP contribution is 2.34. The second kappa shape index (κ2) is 14.7. The molecule has 3 N–H and O–H groups in total. The van der Waals surface area contributed by atoms with Gasteiger partial charge >= 0.3 is 5.63 Å². The lowest BCUT2D eigenvalue weighted by Gasteiger charge is -2.44. The fourth-order valence-electron chi connectivity index (χ4n) is 4.88. The van der Waals surface area contributed by atoms with Crippen molar-refractivity contribution in [3.05, 3.63) is 64.4 Å². The zero-order valence-corrected chi connectivity index (χ0v) is 27.2. The third-order valence-corrected chi connectivity index (χ3v) is 7.44. The molecular weight excluding hydrogens is 594 g/mol. The first-order valence-electron chi connectivity index (χ1n) is 15.2. The Kier molecular flexibility index (Phi) is 11.0. The van der Waals surface area contributed by atoms with Crippen molar-refractivity contribution in [3.8, 4) is 0 Å². The van der Waals surface area contributed by atoms with Crippen molar-refractivity contribution < 1.29 is 28.3 Å². The lowest BCUT2D eigenvalue weighted by Crippen LogP contribution is -2.55. The number of carbonyl (C=O) groups is 3. The molecule has 3 heterocycles. The summed E-state index contributed by atoms with van der Waals surface area (Å²) in [7, 11) is 3.79. The first-order chi connectivity index (χ1) is 21.7. The summed E-state index contributed by atoms with van der Waals surface area (Å²) in [4.78, 5) is 51.4. The number of rotatable bonds is 13. The molecule has 4 rings (SSSR count). The van der Waals surface area contributed by atoms with E-state index in [1.807, 2.05) is 45.0 Å². The van der Waals surface area contributed by atoms with E-state index in [0.717, 1.165) is 11.1 Å². The molecule has 1 saturated heterocycles. The number of carbonyl (C=O) groups excluding carboxylic acids is 3. The summed E-state index contributed by atoms with van der Waals surface area (Å²) in [6, 6.07) is 6.90. The Labute approximate surface area is 267 Å². The molecule has 0 radical (unpaired) electrons. The van der Waals surface area contributed by atoms with Crippen LogP contribution >= 0.6 is 0 Å². The van der Waals surface area contributed by atoms with E-state index in [1.165, 1.54) is 18.3 Å². The highest BCUT2D eigenvalue weighted by atomic mass is 16.7. The second-order valence-electron chi connectivity index (χ2n) is 12.6. The Morgan fingerprint density at radius 1 is 1.11 bits per heavy atom. The van der Waals surface area contributed by atoms with Gasteiger partial charge in [-0.05, 0) is 38.0 Å². The van der Waals surface area contributed by atoms with Gasteiger partial charge in [-0.25, -0.2) is 4.79 Å². The molecule has 1 aromatic carbocycles. The van der Waals surface area contributed by atoms with Crippen molar-refractivity contribution in [1.82, 2.24) is 30.9 Å². The Morgan fingerprint density at radius 2 is 1.89 bits per heavy atom. The zero-order chi connectivity index (χ0) is 33.5. The average molecular weight is 638 g/mol. The van der Waals surface area contributed by atoms with Crippen LogP contribution in [-0.4, -0.2) is 78.4 Å². The molecule has 0 unspecified atom stereocenters. The van der Waals surface area contributed by atoms with E-state index in [0.29, 0.717) is 55.9 Å². The standard InChI is InChI=1S/C32H43N7O7/c1-31(2)20-44-32(3,4)46-29(31)30(43)35-14-11-26(40)34-13-10-22-19-39(37-36-22)15-7-12-33-27(41)16-21-17-28(42)45-25-18-23(38(5)6)8-9-24(21)25/h8-9,11,14,17-19,29H,7,10,12-13,15-16,20H2,1-6H3,(H,33,41)(H,34,40)(H,35,43)/b14-11+/t29-/m0/s1. The van der Waals surface area contributed by atoms with Gasteiger partial charge in [0.2, 0.25) is 11.8 Å². The van der Waals surface area contributed by atoms with Crippen LogP contribution in [0.25, 0.3) is 11.0 Å². The van der Waals surface area contributed by atoms with Crippen LogP contribution in [0.3, 0.4) is 0 Å². The third kappa shape index (κ3) is 9.47. The number of hydrogen-bond donors (Lipinski definition) is 3. The first-order valence-corrected chi connectivity index (χ1v) is 15.2. The van der Waals surface area contributed by atoms with Crippen LogP contribution in [-0.2, 0) is 43.2 Å². The van der Waals surface area contributed by atoms with E-state index >= 15 is 0 Å². The zero-order valence-electron chi connectivity index (χ0n) is 27.2. The normalized spacial score (nSPS) is 17.1. The SMILES string of the molecule is CN(C)c1ccc2c(CC(=O)NCCCn3cc(CCNC(=O)/C=C/NC(=O)[C@@H]4OC(C)(C)OCC4(C)C)nn3)cc(=O)oc2c1. The number of fused-ring (bicyclic) bond motifs is 1. The van der Waals surface area contributed by atoms with Crippen molar-refractivity contribution in [2.45, 2.75) is 65.4 Å². The first kappa shape index (κ1) is 34.3. The number of aryl methyl sites for hydroxylation is 1. The number of amides is 3. The molecule has 14 heteroatoms. The minimum Gasteiger partial charge on any atom is -0.423 e. The van der Waals surface area contributed by atoms with Gasteiger partial charge in [-0.3, -0.25) is 19.1 Å². The number of nitrogens with zero attached hydrogens (tertiary/aromatic N) is 4. The van der Waals surface area contributed by atoms with E-state index in [2.05, 4.69) is 26.3 Å². The minimum absolute atomic E-state index is 0.0606. The number of anilines is 1. The monoisotopic (exact) mass is 637 g/mol. The fraction of sp³-hybridized carbons (Fsp3) is 0.500. The van der Waals surface area contributed by atoms with Gasteiger partial charge < -0.3 is 34.7 Å². The van der Waals surface area contributed by atoms with Crippen molar-refractivity contribution >= 4 is 34.4 Å². The predicted octanol–water partition coefficient (Wildman–Crippen LogP) is 1.67. The van der Waals surface area contributed by atoms with Gasteiger partial charge in [0.15, 0.2) is 5.79 Å². The highest BCUT2D eigenvalue weighted by Gasteiger charge is 2.45. The topological polar surface area (TPSA) is 170 Å². The van der Waals surface area contributed by atoms with E-state index in [4.69, 9.17) is 13.9 Å². The van der Waals surface area contributed by atoms with E-state index in [-0.39, 0.29) is 24.1 Å². The molecule has 0 aliphatic carbocycles. The van der Waals surface area contributed by atoms with Crippen LogP contribution < -0.4 is 26.5 Å². The summed E-state index contributed by atoms with van der Waals surface area (Å²) in [5.41, 5.74) is 1.64. The lowest BCUT2D eigenvalue weighted by molar-refractivity contribution is -0.303. The maximum atomic E-state index is 12.6. The number of hydrogen-bond acceptors (Lipinski definition) is 10. The van der Waals surface area contributed by atoms with Crippen molar-refractivity contribution in [2.75, 3.05) is 38.7 Å². The lowest BCUT2D eigenvalue weighted by atomic mass is 9.85. The number of aromatic nitrogens is 3. The van der Waals surface area contributed by atoms with Crippen LogP contribution in [0.4, 0.5) is 5.69 Å². The maximum Gasteiger partial charge on any atom is 0.336 e. The summed E-state index contributed by atoms with van der Waals surface area (Å²) in [6.07, 6.45) is 4.77. The Bertz CT molecular complexity index is 1640. The molecule has 3 aromatic rings. The van der Waals surface area contributed by atoms with Gasteiger partial charge in [0.1, 0.15) is 11.7 Å². The van der Waals surface area contributed by atoms with Crippen molar-refractivity contribution in [3.63, 3.8) is 0 Å². The highest BCUT2D eigenvalue weighted by molar-refractivity contribution is 5.89. The van der Waals surface area contributed by atoms with Gasteiger partial charge in [-0.15, -0.1) is 5.10 Å². The van der Waals surface area contributed by atoms with Gasteiger partial charge in [-0.1, -0.05) is 19.1 Å². The molecule has 46 heavy (non-hydrogen) atoms. The summed E-state index contributed by atoms with van der Waals surface area (Å²) >= 11 is 0. The molecule has 248 valence electrons. The smallest absolute Gasteiger partial charge is 0.336 e. The summed E-state index contributed by atoms with van der Waals surface area (Å²) in [5.74, 6) is -1.77. The Balaban J connectivity index is 1.14. The average Bonchev–Trinajstić information content (AvgIpc) is 3.43. The van der Waals surface area contributed by atoms with Crippen molar-refractivity contribution in [2.24, 2.45) is 5.41 Å². The molecule has 0 spiro atoms. The van der Waals surface area contributed by atoms with Crippen LogP contribution in [0.2, 0.25) is 0 Å². The summed E-state index contributed by atoms with van der Waals surface area (Å²) in [6.45, 7) is 8.94. The Hall–Kier alpha value is -4.56. The van der Waals surface area contributed by atoms with Crippen LogP contribution in [0.5, 0.6) is 0 Å². The predicted molar refractivity (Wildman–Crippen MR) is 171 cm³/mol. The third-order valence-electron chi connectivity index (χ3n) is 7.44. The largest absolute Gasteiger partial charge is 0.423 e. The molecule has 0 bridgehead atoms. The molecule has 1 aliphatic heterocycles. The van der Waals surface area contributed by atoms with E-state index in [1.54, 1.807) is 30.8 Å². The van der Waals surface area contributed by atoms with Crippen LogP contribution in [0.15, 0.2) is 51.9 Å². The maximum absolute atomic E-state index is 12.6. The van der Waals surface area contributed by atoms with Crippen LogP contribution in [0, 0.1) is 5.41 Å². The van der Waals surface area contributed by atoms with Gasteiger partial charge in [0.25, 0.3) is 5.91 Å². The number of nitrogens with one attached hydrogen (secondary N) is 3. The van der Waals surface area contributed by atoms with Crippen molar-refractivity contribution in [1.29, 1.82) is 0 Å². The molecule has 2 aromatic heterocycles. The summed E-state index contributed by atoms with van der Waals surface area (Å²) < 4.78 is 18.5. The van der Waals surface area contributed by atoms with Gasteiger partial charge in [0.05, 0.1) is 18.7 Å². The quantitative estimate of drug-likeness (QED) is 0.142. The molecule has 1 aliphatic rings. The van der Waals surface area contributed by atoms with Gasteiger partial charge in [-0.2, -0.15) is 0 Å². The molecule has 1 atom stereocenters. The Morgan fingerprint density at radius 3 is 2.65 bits per heavy atom. The van der Waals surface area contributed by atoms with E-state index in [9.17, 15) is 19.2 Å².